The van der Waals surface area contributed by atoms with Crippen molar-refractivity contribution in [3.8, 4) is 5.75 Å². The minimum Gasteiger partial charge on any atom is -0.496 e. The van der Waals surface area contributed by atoms with Gasteiger partial charge in [0.25, 0.3) is 5.91 Å². The Hall–Kier alpha value is -2.01. The number of carbonyl (C=O) groups excluding carboxylic acids is 1. The van der Waals surface area contributed by atoms with Crippen LogP contribution in [-0.2, 0) is 7.05 Å². The van der Waals surface area contributed by atoms with Gasteiger partial charge in [-0.15, -0.1) is 0 Å². The lowest BCUT2D eigenvalue weighted by molar-refractivity contribution is 0.0936. The number of amides is 1. The second-order valence-electron chi connectivity index (χ2n) is 5.25. The van der Waals surface area contributed by atoms with Crippen molar-refractivity contribution in [2.45, 2.75) is 26.8 Å². The zero-order valence-corrected chi connectivity index (χ0v) is 14.2. The lowest BCUT2D eigenvalue weighted by Crippen LogP contribution is -2.27. The van der Waals surface area contributed by atoms with Gasteiger partial charge in [-0.1, -0.05) is 11.6 Å². The molecule has 118 valence electrons. The monoisotopic (exact) mass is 321 g/mol. The zero-order valence-electron chi connectivity index (χ0n) is 13.4. The molecular weight excluding hydrogens is 302 g/mol. The van der Waals surface area contributed by atoms with Crippen LogP contribution in [-0.4, -0.2) is 22.8 Å². The molecule has 5 nitrogen and oxygen atoms in total. The number of nitrogens with zero attached hydrogens (tertiary/aromatic N) is 2. The standard InChI is InChI=1S/C16H20ClN3O2/c1-9(15-10(2)19-20(4)11(15)3)18-16(21)13-8-12(17)6-7-14(13)22-5/h6-9H,1-5H3,(H,18,21)/t9-/m1/s1. The minimum absolute atomic E-state index is 0.162. The van der Waals surface area contributed by atoms with E-state index in [1.807, 2.05) is 32.5 Å². The Labute approximate surface area is 135 Å². The van der Waals surface area contributed by atoms with Crippen molar-refractivity contribution < 1.29 is 9.53 Å². The van der Waals surface area contributed by atoms with Crippen LogP contribution < -0.4 is 10.1 Å². The molecule has 0 bridgehead atoms. The van der Waals surface area contributed by atoms with E-state index >= 15 is 0 Å². The third-order valence-corrected chi connectivity index (χ3v) is 3.99. The highest BCUT2D eigenvalue weighted by Gasteiger charge is 2.20. The fraction of sp³-hybridized carbons (Fsp3) is 0.375. The smallest absolute Gasteiger partial charge is 0.255 e. The van der Waals surface area contributed by atoms with Crippen molar-refractivity contribution in [3.05, 3.63) is 45.7 Å². The van der Waals surface area contributed by atoms with Crippen molar-refractivity contribution in [3.63, 3.8) is 0 Å². The number of ether oxygens (including phenoxy) is 1. The van der Waals surface area contributed by atoms with Gasteiger partial charge in [-0.05, 0) is 39.0 Å². The van der Waals surface area contributed by atoms with Crippen LogP contribution in [0.1, 0.15) is 40.3 Å². The van der Waals surface area contributed by atoms with Gasteiger partial charge in [-0.2, -0.15) is 5.10 Å². The van der Waals surface area contributed by atoms with Crippen molar-refractivity contribution >= 4 is 17.5 Å². The van der Waals surface area contributed by atoms with Crippen molar-refractivity contribution in [2.24, 2.45) is 7.05 Å². The average Bonchev–Trinajstić information content (AvgIpc) is 2.71. The first kappa shape index (κ1) is 16.4. The number of carbonyl (C=O) groups is 1. The fourth-order valence-electron chi connectivity index (χ4n) is 2.62. The molecule has 0 aliphatic carbocycles. The summed E-state index contributed by atoms with van der Waals surface area (Å²) in [5.74, 6) is 0.267. The van der Waals surface area contributed by atoms with Crippen LogP contribution in [0.4, 0.5) is 0 Å². The Kier molecular flexibility index (Phi) is 4.76. The second kappa shape index (κ2) is 6.40. The molecule has 1 amide bonds. The molecule has 6 heteroatoms. The molecule has 0 saturated carbocycles. The highest BCUT2D eigenvalue weighted by molar-refractivity contribution is 6.31. The van der Waals surface area contributed by atoms with Crippen molar-refractivity contribution in [1.82, 2.24) is 15.1 Å². The number of rotatable bonds is 4. The first-order valence-electron chi connectivity index (χ1n) is 6.99. The Morgan fingerprint density at radius 3 is 2.64 bits per heavy atom. The molecule has 0 aliphatic heterocycles. The van der Waals surface area contributed by atoms with Crippen molar-refractivity contribution in [1.29, 1.82) is 0 Å². The SMILES string of the molecule is COc1ccc(Cl)cc1C(=O)N[C@H](C)c1c(C)nn(C)c1C. The molecule has 1 aromatic carbocycles. The lowest BCUT2D eigenvalue weighted by atomic mass is 10.1. The molecule has 22 heavy (non-hydrogen) atoms. The van der Waals surface area contributed by atoms with Crippen LogP contribution >= 0.6 is 11.6 Å². The van der Waals surface area contributed by atoms with Crippen LogP contribution in [0.15, 0.2) is 18.2 Å². The Morgan fingerprint density at radius 1 is 1.41 bits per heavy atom. The summed E-state index contributed by atoms with van der Waals surface area (Å²) >= 11 is 5.98. The summed E-state index contributed by atoms with van der Waals surface area (Å²) in [7, 11) is 3.42. The first-order valence-corrected chi connectivity index (χ1v) is 7.37. The van der Waals surface area contributed by atoms with E-state index in [-0.39, 0.29) is 11.9 Å². The quantitative estimate of drug-likeness (QED) is 0.941. The van der Waals surface area contributed by atoms with Crippen LogP contribution in [0.3, 0.4) is 0 Å². The van der Waals surface area contributed by atoms with E-state index in [0.29, 0.717) is 16.3 Å². The zero-order chi connectivity index (χ0) is 16.4. The Balaban J connectivity index is 2.27. The number of hydrogen-bond donors (Lipinski definition) is 1. The van der Waals surface area contributed by atoms with Gasteiger partial charge in [0, 0.05) is 23.3 Å². The molecule has 1 aromatic heterocycles. The predicted octanol–water partition coefficient (Wildman–Crippen LogP) is 3.19. The Bertz CT molecular complexity index is 710. The van der Waals surface area contributed by atoms with Gasteiger partial charge in [-0.25, -0.2) is 0 Å². The number of nitrogens with one attached hydrogen (secondary N) is 1. The summed E-state index contributed by atoms with van der Waals surface area (Å²) in [4.78, 5) is 12.5. The molecule has 1 N–H and O–H groups in total. The van der Waals surface area contributed by atoms with Gasteiger partial charge >= 0.3 is 0 Å². The highest BCUT2D eigenvalue weighted by Crippen LogP contribution is 2.25. The number of hydrogen-bond acceptors (Lipinski definition) is 3. The summed E-state index contributed by atoms with van der Waals surface area (Å²) in [6, 6.07) is 4.81. The molecule has 0 fully saturated rings. The predicted molar refractivity (Wildman–Crippen MR) is 86.6 cm³/mol. The van der Waals surface area contributed by atoms with Gasteiger partial charge in [0.15, 0.2) is 0 Å². The maximum atomic E-state index is 12.5. The van der Waals surface area contributed by atoms with Crippen LogP contribution in [0.5, 0.6) is 5.75 Å². The third-order valence-electron chi connectivity index (χ3n) is 3.75. The van der Waals surface area contributed by atoms with Crippen LogP contribution in [0.25, 0.3) is 0 Å². The van der Waals surface area contributed by atoms with E-state index < -0.39 is 0 Å². The molecule has 0 unspecified atom stereocenters. The van der Waals surface area contributed by atoms with Crippen LogP contribution in [0.2, 0.25) is 5.02 Å². The fourth-order valence-corrected chi connectivity index (χ4v) is 2.79. The number of benzene rings is 1. The summed E-state index contributed by atoms with van der Waals surface area (Å²) in [6.45, 7) is 5.86. The molecule has 0 radical (unpaired) electrons. The summed E-state index contributed by atoms with van der Waals surface area (Å²) in [5.41, 5.74) is 3.38. The maximum absolute atomic E-state index is 12.5. The van der Waals surface area contributed by atoms with E-state index in [1.165, 1.54) is 7.11 Å². The third kappa shape index (κ3) is 3.09. The van der Waals surface area contributed by atoms with E-state index in [9.17, 15) is 4.79 Å². The van der Waals surface area contributed by atoms with E-state index in [2.05, 4.69) is 10.4 Å². The molecule has 2 aromatic rings. The number of aryl methyl sites for hydroxylation is 2. The average molecular weight is 322 g/mol. The lowest BCUT2D eigenvalue weighted by Gasteiger charge is -2.16. The van der Waals surface area contributed by atoms with Gasteiger partial charge in [0.1, 0.15) is 5.75 Å². The highest BCUT2D eigenvalue weighted by atomic mass is 35.5. The summed E-state index contributed by atoms with van der Waals surface area (Å²) < 4.78 is 7.04. The molecule has 1 atom stereocenters. The van der Waals surface area contributed by atoms with Crippen LogP contribution in [0, 0.1) is 13.8 Å². The van der Waals surface area contributed by atoms with Gasteiger partial charge in [0.2, 0.25) is 0 Å². The van der Waals surface area contributed by atoms with E-state index in [0.717, 1.165) is 17.0 Å². The molecule has 0 aliphatic rings. The van der Waals surface area contributed by atoms with Gasteiger partial charge in [-0.3, -0.25) is 9.48 Å². The second-order valence-corrected chi connectivity index (χ2v) is 5.68. The van der Waals surface area contributed by atoms with E-state index in [4.69, 9.17) is 16.3 Å². The topological polar surface area (TPSA) is 56.1 Å². The summed E-state index contributed by atoms with van der Waals surface area (Å²) in [5, 5.41) is 7.85. The van der Waals surface area contributed by atoms with Crippen molar-refractivity contribution in [2.75, 3.05) is 7.11 Å². The van der Waals surface area contributed by atoms with Gasteiger partial charge in [0.05, 0.1) is 24.4 Å². The molecule has 1 heterocycles. The molecule has 0 saturated heterocycles. The largest absolute Gasteiger partial charge is 0.496 e. The first-order chi connectivity index (χ1) is 10.3. The van der Waals surface area contributed by atoms with E-state index in [1.54, 1.807) is 18.2 Å². The number of aromatic nitrogens is 2. The van der Waals surface area contributed by atoms with Gasteiger partial charge < -0.3 is 10.1 Å². The molecular formula is C16H20ClN3O2. The number of halogens is 1. The minimum atomic E-state index is -0.227. The Morgan fingerprint density at radius 2 is 2.09 bits per heavy atom. The molecule has 2 rings (SSSR count). The number of methoxy groups -OCH3 is 1. The maximum Gasteiger partial charge on any atom is 0.255 e. The summed E-state index contributed by atoms with van der Waals surface area (Å²) in [6.07, 6.45) is 0. The molecule has 0 spiro atoms. The normalized spacial score (nSPS) is 12.1.